The van der Waals surface area contributed by atoms with Gasteiger partial charge in [0.05, 0.1) is 6.61 Å². The molecule has 0 saturated heterocycles. The first-order chi connectivity index (χ1) is 13.2. The molecule has 0 bridgehead atoms. The zero-order valence-corrected chi connectivity index (χ0v) is 15.9. The van der Waals surface area contributed by atoms with Gasteiger partial charge in [0.1, 0.15) is 11.6 Å². The van der Waals surface area contributed by atoms with Gasteiger partial charge in [-0.3, -0.25) is 0 Å². The molecule has 0 aliphatic rings. The van der Waals surface area contributed by atoms with Gasteiger partial charge in [0.15, 0.2) is 0 Å². The smallest absolute Gasteiger partial charge is 0.127 e. The van der Waals surface area contributed by atoms with Crippen LogP contribution in [0.25, 0.3) is 12.2 Å². The average Bonchev–Trinajstić information content (AvgIpc) is 2.70. The average molecular weight is 360 g/mol. The van der Waals surface area contributed by atoms with Gasteiger partial charge >= 0.3 is 0 Å². The summed E-state index contributed by atoms with van der Waals surface area (Å²) in [5, 5.41) is 0. The molecule has 3 aromatic carbocycles. The van der Waals surface area contributed by atoms with Crippen LogP contribution in [0.5, 0.6) is 5.75 Å². The molecule has 0 N–H and O–H groups in total. The summed E-state index contributed by atoms with van der Waals surface area (Å²) >= 11 is 0. The summed E-state index contributed by atoms with van der Waals surface area (Å²) in [7, 11) is 0. The molecule has 0 aromatic heterocycles. The van der Waals surface area contributed by atoms with Crippen LogP contribution < -0.4 is 4.74 Å². The Morgan fingerprint density at radius 2 is 1.56 bits per heavy atom. The summed E-state index contributed by atoms with van der Waals surface area (Å²) in [6.07, 6.45) is 4.61. The third kappa shape index (κ3) is 5.30. The highest BCUT2D eigenvalue weighted by Gasteiger charge is 2.10. The summed E-state index contributed by atoms with van der Waals surface area (Å²) in [4.78, 5) is 0. The molecule has 3 aromatic rings. The Balaban J connectivity index is 1.67. The van der Waals surface area contributed by atoms with E-state index in [1.54, 1.807) is 6.07 Å². The molecule has 1 atom stereocenters. The first kappa shape index (κ1) is 18.9. The Morgan fingerprint density at radius 3 is 2.22 bits per heavy atom. The van der Waals surface area contributed by atoms with Gasteiger partial charge in [0.25, 0.3) is 0 Å². The molecule has 0 radical (unpaired) electrons. The highest BCUT2D eigenvalue weighted by molar-refractivity contribution is 5.70. The molecule has 0 heterocycles. The minimum Gasteiger partial charge on any atom is -0.494 e. The first-order valence-electron chi connectivity index (χ1n) is 9.40. The van der Waals surface area contributed by atoms with Crippen LogP contribution in [0.15, 0.2) is 72.8 Å². The van der Waals surface area contributed by atoms with E-state index in [1.165, 1.54) is 5.56 Å². The third-order valence-corrected chi connectivity index (χ3v) is 4.63. The van der Waals surface area contributed by atoms with E-state index in [4.69, 9.17) is 4.74 Å². The summed E-state index contributed by atoms with van der Waals surface area (Å²) in [6.45, 7) is 4.75. The number of hydrogen-bond acceptors (Lipinski definition) is 1. The molecule has 0 spiro atoms. The second-order valence-corrected chi connectivity index (χ2v) is 6.70. The van der Waals surface area contributed by atoms with Crippen molar-refractivity contribution < 1.29 is 9.13 Å². The van der Waals surface area contributed by atoms with Crippen molar-refractivity contribution in [3.05, 3.63) is 101 Å². The molecule has 0 amide bonds. The molecule has 1 unspecified atom stereocenters. The predicted molar refractivity (Wildman–Crippen MR) is 112 cm³/mol. The maximum atomic E-state index is 14.5. The van der Waals surface area contributed by atoms with Crippen LogP contribution in [0.3, 0.4) is 0 Å². The van der Waals surface area contributed by atoms with E-state index in [0.717, 1.165) is 22.4 Å². The van der Waals surface area contributed by atoms with Crippen LogP contribution in [0.2, 0.25) is 0 Å². The maximum absolute atomic E-state index is 14.5. The van der Waals surface area contributed by atoms with Crippen molar-refractivity contribution in [3.63, 3.8) is 0 Å². The van der Waals surface area contributed by atoms with Gasteiger partial charge in [-0.05, 0) is 59.7 Å². The van der Waals surface area contributed by atoms with E-state index in [-0.39, 0.29) is 11.7 Å². The minimum absolute atomic E-state index is 0.147. The molecule has 1 nitrogen and oxygen atoms in total. The van der Waals surface area contributed by atoms with Crippen LogP contribution in [0.4, 0.5) is 4.39 Å². The Morgan fingerprint density at radius 1 is 0.889 bits per heavy atom. The molecule has 27 heavy (non-hydrogen) atoms. The topological polar surface area (TPSA) is 9.23 Å². The lowest BCUT2D eigenvalue weighted by Gasteiger charge is -2.13. The van der Waals surface area contributed by atoms with Gasteiger partial charge in [0, 0.05) is 0 Å². The fourth-order valence-electron chi connectivity index (χ4n) is 3.10. The standard InChI is InChI=1S/C25H25FO/c1-3-27-24-15-12-20(13-16-24)9-10-21-11-14-23(25(26)18-21)17-19(2)22-7-5-4-6-8-22/h4-16,18-19H,3,17H2,1-2H3/b10-9+. The zero-order valence-electron chi connectivity index (χ0n) is 15.9. The maximum Gasteiger partial charge on any atom is 0.127 e. The number of rotatable bonds is 7. The van der Waals surface area contributed by atoms with Crippen LogP contribution in [-0.2, 0) is 6.42 Å². The number of ether oxygens (including phenoxy) is 1. The highest BCUT2D eigenvalue weighted by atomic mass is 19.1. The second-order valence-electron chi connectivity index (χ2n) is 6.70. The molecule has 138 valence electrons. The first-order valence-corrected chi connectivity index (χ1v) is 9.40. The molecule has 0 saturated carbocycles. The van der Waals surface area contributed by atoms with Crippen molar-refractivity contribution in [1.82, 2.24) is 0 Å². The van der Waals surface area contributed by atoms with Crippen molar-refractivity contribution in [3.8, 4) is 5.75 Å². The van der Waals surface area contributed by atoms with E-state index in [0.29, 0.717) is 13.0 Å². The number of halogens is 1. The molecule has 2 heteroatoms. The second kappa shape index (κ2) is 9.18. The highest BCUT2D eigenvalue weighted by Crippen LogP contribution is 2.23. The lowest BCUT2D eigenvalue weighted by molar-refractivity contribution is 0.340. The van der Waals surface area contributed by atoms with Crippen molar-refractivity contribution in [2.24, 2.45) is 0 Å². The Kier molecular flexibility index (Phi) is 6.43. The fourth-order valence-corrected chi connectivity index (χ4v) is 3.10. The van der Waals surface area contributed by atoms with Crippen LogP contribution in [0, 0.1) is 5.82 Å². The third-order valence-electron chi connectivity index (χ3n) is 4.63. The zero-order chi connectivity index (χ0) is 19.1. The molecule has 3 rings (SSSR count). The van der Waals surface area contributed by atoms with Crippen molar-refractivity contribution >= 4 is 12.2 Å². The summed E-state index contributed by atoms with van der Waals surface area (Å²) in [5.74, 6) is 0.996. The number of benzene rings is 3. The van der Waals surface area contributed by atoms with E-state index >= 15 is 0 Å². The predicted octanol–water partition coefficient (Wildman–Crippen LogP) is 6.74. The van der Waals surface area contributed by atoms with Gasteiger partial charge in [0.2, 0.25) is 0 Å². The Bertz CT molecular complexity index is 882. The van der Waals surface area contributed by atoms with E-state index in [9.17, 15) is 4.39 Å². The van der Waals surface area contributed by atoms with Crippen molar-refractivity contribution in [1.29, 1.82) is 0 Å². The normalized spacial score (nSPS) is 12.3. The largest absolute Gasteiger partial charge is 0.494 e. The number of hydrogen-bond donors (Lipinski definition) is 0. The van der Waals surface area contributed by atoms with Gasteiger partial charge in [-0.2, -0.15) is 0 Å². The quantitative estimate of drug-likeness (QED) is 0.424. The van der Waals surface area contributed by atoms with E-state index in [2.05, 4.69) is 19.1 Å². The lowest BCUT2D eigenvalue weighted by Crippen LogP contribution is -2.00. The van der Waals surface area contributed by atoms with Crippen molar-refractivity contribution in [2.45, 2.75) is 26.2 Å². The molecule has 0 fully saturated rings. The molecular formula is C25H25FO. The Labute approximate surface area is 161 Å². The molecular weight excluding hydrogens is 335 g/mol. The molecule has 0 aliphatic heterocycles. The minimum atomic E-state index is -0.147. The van der Waals surface area contributed by atoms with E-state index < -0.39 is 0 Å². The van der Waals surface area contributed by atoms with Gasteiger partial charge < -0.3 is 4.74 Å². The monoisotopic (exact) mass is 360 g/mol. The summed E-state index contributed by atoms with van der Waals surface area (Å²) in [5.41, 5.74) is 3.90. The lowest BCUT2D eigenvalue weighted by atomic mass is 9.93. The fraction of sp³-hybridized carbons (Fsp3) is 0.200. The van der Waals surface area contributed by atoms with Gasteiger partial charge in [-0.15, -0.1) is 0 Å². The van der Waals surface area contributed by atoms with Crippen LogP contribution in [0.1, 0.15) is 42.0 Å². The van der Waals surface area contributed by atoms with Crippen molar-refractivity contribution in [2.75, 3.05) is 6.61 Å². The summed E-state index contributed by atoms with van der Waals surface area (Å²) < 4.78 is 20.0. The summed E-state index contributed by atoms with van der Waals surface area (Å²) in [6, 6.07) is 23.6. The SMILES string of the molecule is CCOc1ccc(/C=C/c2ccc(CC(C)c3ccccc3)c(F)c2)cc1. The van der Waals surface area contributed by atoms with Crippen LogP contribution >= 0.6 is 0 Å². The van der Waals surface area contributed by atoms with Gasteiger partial charge in [-0.1, -0.05) is 73.7 Å². The molecule has 0 aliphatic carbocycles. The van der Waals surface area contributed by atoms with E-state index in [1.807, 2.05) is 73.7 Å². The van der Waals surface area contributed by atoms with Crippen LogP contribution in [-0.4, -0.2) is 6.61 Å². The van der Waals surface area contributed by atoms with Gasteiger partial charge in [-0.25, -0.2) is 4.39 Å². The Hall–Kier alpha value is -2.87.